The summed E-state index contributed by atoms with van der Waals surface area (Å²) in [6.07, 6.45) is 0. The second-order valence-electron chi connectivity index (χ2n) is 14.8. The van der Waals surface area contributed by atoms with Gasteiger partial charge in [0.15, 0.2) is 5.69 Å². The summed E-state index contributed by atoms with van der Waals surface area (Å²) >= 11 is 0. The van der Waals surface area contributed by atoms with E-state index in [1.165, 1.54) is 54.8 Å². The zero-order chi connectivity index (χ0) is 38.6. The Bertz CT molecular complexity index is 3380. The van der Waals surface area contributed by atoms with E-state index in [0.717, 1.165) is 44.7 Å². The van der Waals surface area contributed by atoms with Crippen molar-refractivity contribution in [1.29, 1.82) is 0 Å². The standard InChI is InChI=1S/C55H35N3/c1-56-43-20-13-19-39(33-43)42-27-30-45(37-15-5-2-6-16-37)54(36-42)58-50-25-12-11-23-47(50)48-34-40(28-31-51(48)58)41-29-32-52-49(35-41)55-46(38-17-7-3-8-18-38)24-14-26-53(55)57(52)44-21-9-4-10-22-44/h2-36H. The lowest BCUT2D eigenvalue weighted by atomic mass is 9.97. The van der Waals surface area contributed by atoms with E-state index in [2.05, 4.69) is 208 Å². The zero-order valence-corrected chi connectivity index (χ0v) is 31.5. The first-order chi connectivity index (χ1) is 28.7. The summed E-state index contributed by atoms with van der Waals surface area (Å²) in [5.74, 6) is 0. The highest BCUT2D eigenvalue weighted by Crippen LogP contribution is 2.43. The van der Waals surface area contributed by atoms with E-state index in [1.807, 2.05) is 18.2 Å². The molecule has 3 nitrogen and oxygen atoms in total. The number of para-hydroxylation sites is 2. The SMILES string of the molecule is [C-]#[N+]c1cccc(-c2ccc(-c3ccccc3)c(-n3c4ccccc4c4cc(-c5ccc6c(c5)c5c(-c7ccccc7)cccc5n6-c5ccccc5)ccc43)c2)c1. The molecular formula is C55H35N3. The van der Waals surface area contributed by atoms with Crippen molar-refractivity contribution in [1.82, 2.24) is 9.13 Å². The Morgan fingerprint density at radius 2 is 0.862 bits per heavy atom. The smallest absolute Gasteiger partial charge is 0.187 e. The van der Waals surface area contributed by atoms with Gasteiger partial charge in [-0.25, -0.2) is 4.85 Å². The highest BCUT2D eigenvalue weighted by Gasteiger charge is 2.20. The van der Waals surface area contributed by atoms with Crippen LogP contribution in [0.25, 0.3) is 104 Å². The quantitative estimate of drug-likeness (QED) is 0.151. The van der Waals surface area contributed by atoms with Gasteiger partial charge in [-0.05, 0) is 99.6 Å². The first-order valence-electron chi connectivity index (χ1n) is 19.6. The molecular weight excluding hydrogens is 703 g/mol. The second kappa shape index (κ2) is 13.7. The maximum absolute atomic E-state index is 7.64. The largest absolute Gasteiger partial charge is 0.309 e. The van der Waals surface area contributed by atoms with Crippen molar-refractivity contribution in [2.24, 2.45) is 0 Å². The maximum atomic E-state index is 7.64. The summed E-state index contributed by atoms with van der Waals surface area (Å²) in [5, 5.41) is 4.88. The molecule has 0 saturated carbocycles. The number of nitrogens with zero attached hydrogens (tertiary/aromatic N) is 3. The Balaban J connectivity index is 1.14. The van der Waals surface area contributed by atoms with Gasteiger partial charge >= 0.3 is 0 Å². The molecule has 0 fully saturated rings. The molecule has 9 aromatic carbocycles. The molecule has 0 radical (unpaired) electrons. The van der Waals surface area contributed by atoms with Crippen molar-refractivity contribution in [3.05, 3.63) is 224 Å². The normalized spacial score (nSPS) is 11.4. The van der Waals surface area contributed by atoms with Crippen LogP contribution in [0.4, 0.5) is 5.69 Å². The van der Waals surface area contributed by atoms with Gasteiger partial charge in [0.1, 0.15) is 0 Å². The van der Waals surface area contributed by atoms with E-state index in [0.29, 0.717) is 5.69 Å². The number of hydrogen-bond acceptors (Lipinski definition) is 0. The molecule has 0 aliphatic rings. The first kappa shape index (κ1) is 33.4. The fraction of sp³-hybridized carbons (Fsp3) is 0. The highest BCUT2D eigenvalue weighted by molar-refractivity contribution is 6.17. The van der Waals surface area contributed by atoms with Crippen LogP contribution in [0.3, 0.4) is 0 Å². The van der Waals surface area contributed by atoms with Gasteiger partial charge in [-0.15, -0.1) is 0 Å². The van der Waals surface area contributed by atoms with E-state index in [4.69, 9.17) is 6.57 Å². The maximum Gasteiger partial charge on any atom is 0.187 e. The lowest BCUT2D eigenvalue weighted by Gasteiger charge is -2.16. The molecule has 2 heterocycles. The lowest BCUT2D eigenvalue weighted by Crippen LogP contribution is -1.98. The molecule has 11 aromatic rings. The van der Waals surface area contributed by atoms with Crippen molar-refractivity contribution < 1.29 is 0 Å². The average Bonchev–Trinajstić information content (AvgIpc) is 3.82. The molecule has 0 aliphatic carbocycles. The fourth-order valence-electron chi connectivity index (χ4n) is 8.89. The van der Waals surface area contributed by atoms with Gasteiger partial charge in [0, 0.05) is 32.8 Å². The third kappa shape index (κ3) is 5.43. The van der Waals surface area contributed by atoms with E-state index in [1.54, 1.807) is 0 Å². The van der Waals surface area contributed by atoms with Crippen molar-refractivity contribution >= 4 is 49.3 Å². The van der Waals surface area contributed by atoms with E-state index in [9.17, 15) is 0 Å². The fourth-order valence-corrected chi connectivity index (χ4v) is 8.89. The van der Waals surface area contributed by atoms with Crippen LogP contribution >= 0.6 is 0 Å². The highest BCUT2D eigenvalue weighted by atomic mass is 15.0. The number of hydrogen-bond donors (Lipinski definition) is 0. The molecule has 0 unspecified atom stereocenters. The van der Waals surface area contributed by atoms with Gasteiger partial charge in [-0.1, -0.05) is 152 Å². The van der Waals surface area contributed by atoms with Crippen LogP contribution in [0, 0.1) is 6.57 Å². The molecule has 0 N–H and O–H groups in total. The van der Waals surface area contributed by atoms with Gasteiger partial charge in [0.2, 0.25) is 0 Å². The minimum Gasteiger partial charge on any atom is -0.309 e. The minimum atomic E-state index is 0.634. The summed E-state index contributed by atoms with van der Waals surface area (Å²) in [6.45, 7) is 7.64. The summed E-state index contributed by atoms with van der Waals surface area (Å²) in [4.78, 5) is 3.72. The molecule has 0 saturated heterocycles. The lowest BCUT2D eigenvalue weighted by molar-refractivity contribution is 1.18. The van der Waals surface area contributed by atoms with Crippen molar-refractivity contribution in [2.75, 3.05) is 0 Å². The minimum absolute atomic E-state index is 0.634. The van der Waals surface area contributed by atoms with Crippen molar-refractivity contribution in [2.45, 2.75) is 0 Å². The predicted octanol–water partition coefficient (Wildman–Crippen LogP) is 15.1. The third-order valence-corrected chi connectivity index (χ3v) is 11.5. The van der Waals surface area contributed by atoms with Crippen LogP contribution in [-0.2, 0) is 0 Å². The van der Waals surface area contributed by atoms with Crippen LogP contribution in [0.2, 0.25) is 0 Å². The zero-order valence-electron chi connectivity index (χ0n) is 31.5. The van der Waals surface area contributed by atoms with Gasteiger partial charge in [-0.3, -0.25) is 0 Å². The van der Waals surface area contributed by atoms with E-state index in [-0.39, 0.29) is 0 Å². The Morgan fingerprint density at radius 1 is 0.328 bits per heavy atom. The molecule has 0 aliphatic heterocycles. The monoisotopic (exact) mass is 737 g/mol. The van der Waals surface area contributed by atoms with Crippen LogP contribution in [0.5, 0.6) is 0 Å². The summed E-state index contributed by atoms with van der Waals surface area (Å²) in [7, 11) is 0. The predicted molar refractivity (Wildman–Crippen MR) is 243 cm³/mol. The molecule has 0 bridgehead atoms. The third-order valence-electron chi connectivity index (χ3n) is 11.5. The summed E-state index contributed by atoms with van der Waals surface area (Å²) in [6, 6.07) is 75.9. The number of benzene rings is 9. The Hall–Kier alpha value is -7.93. The molecule has 270 valence electrons. The summed E-state index contributed by atoms with van der Waals surface area (Å²) in [5.41, 5.74) is 16.7. The van der Waals surface area contributed by atoms with Crippen LogP contribution in [0.15, 0.2) is 212 Å². The van der Waals surface area contributed by atoms with Gasteiger partial charge in [0.25, 0.3) is 0 Å². The Labute approximate surface area is 336 Å². The van der Waals surface area contributed by atoms with Gasteiger partial charge in [0.05, 0.1) is 34.3 Å². The molecule has 0 spiro atoms. The van der Waals surface area contributed by atoms with Crippen molar-refractivity contribution in [3.63, 3.8) is 0 Å². The summed E-state index contributed by atoms with van der Waals surface area (Å²) < 4.78 is 4.82. The Morgan fingerprint density at radius 3 is 1.60 bits per heavy atom. The topological polar surface area (TPSA) is 14.2 Å². The van der Waals surface area contributed by atoms with Crippen LogP contribution in [-0.4, -0.2) is 9.13 Å². The molecule has 58 heavy (non-hydrogen) atoms. The first-order valence-corrected chi connectivity index (χ1v) is 19.6. The van der Waals surface area contributed by atoms with Gasteiger partial charge in [-0.2, -0.15) is 0 Å². The van der Waals surface area contributed by atoms with E-state index >= 15 is 0 Å². The molecule has 0 amide bonds. The van der Waals surface area contributed by atoms with E-state index < -0.39 is 0 Å². The van der Waals surface area contributed by atoms with Gasteiger partial charge < -0.3 is 9.13 Å². The Kier molecular flexibility index (Phi) is 7.88. The number of fused-ring (bicyclic) bond motifs is 6. The molecule has 0 atom stereocenters. The van der Waals surface area contributed by atoms with Crippen LogP contribution in [0.1, 0.15) is 0 Å². The number of rotatable bonds is 6. The molecule has 2 aromatic heterocycles. The molecule has 11 rings (SSSR count). The second-order valence-corrected chi connectivity index (χ2v) is 14.8. The average molecular weight is 738 g/mol. The molecule has 3 heteroatoms. The van der Waals surface area contributed by atoms with Crippen LogP contribution < -0.4 is 0 Å². The van der Waals surface area contributed by atoms with Crippen molar-refractivity contribution in [3.8, 4) is 55.9 Å². The number of aromatic nitrogens is 2.